The van der Waals surface area contributed by atoms with Crippen molar-refractivity contribution in [3.05, 3.63) is 52.9 Å². The zero-order valence-corrected chi connectivity index (χ0v) is 13.4. The maximum Gasteiger partial charge on any atom is 0.164 e. The van der Waals surface area contributed by atoms with E-state index >= 15 is 0 Å². The summed E-state index contributed by atoms with van der Waals surface area (Å²) in [7, 11) is 0. The molecule has 0 aliphatic rings. The molecule has 0 amide bonds. The average molecular weight is 320 g/mol. The van der Waals surface area contributed by atoms with E-state index in [0.717, 1.165) is 29.1 Å². The van der Waals surface area contributed by atoms with Crippen LogP contribution >= 0.6 is 23.2 Å². The fraction of sp³-hybridized carbons (Fsp3) is 0.250. The number of hydrogen-bond acceptors (Lipinski definition) is 2. The van der Waals surface area contributed by atoms with Gasteiger partial charge in [-0.15, -0.1) is 11.6 Å². The SMILES string of the molecule is CCc1ccccc1-n1c(C(C)Cl)nc2cc(Cl)cnc21. The number of nitrogens with zero attached hydrogens (tertiary/aromatic N) is 3. The van der Waals surface area contributed by atoms with Crippen molar-refractivity contribution in [1.82, 2.24) is 14.5 Å². The maximum absolute atomic E-state index is 6.32. The van der Waals surface area contributed by atoms with Gasteiger partial charge in [0.15, 0.2) is 5.65 Å². The molecule has 2 heterocycles. The molecule has 0 saturated carbocycles. The number of fused-ring (bicyclic) bond motifs is 1. The Labute approximate surface area is 133 Å². The fourth-order valence-electron chi connectivity index (χ4n) is 2.49. The van der Waals surface area contributed by atoms with Crippen molar-refractivity contribution >= 4 is 34.4 Å². The van der Waals surface area contributed by atoms with Gasteiger partial charge in [0.25, 0.3) is 0 Å². The van der Waals surface area contributed by atoms with Crippen molar-refractivity contribution in [3.63, 3.8) is 0 Å². The summed E-state index contributed by atoms with van der Waals surface area (Å²) in [4.78, 5) is 9.05. The second-order valence-electron chi connectivity index (χ2n) is 4.90. The van der Waals surface area contributed by atoms with Crippen LogP contribution in [0.3, 0.4) is 0 Å². The molecule has 0 spiro atoms. The van der Waals surface area contributed by atoms with Crippen molar-refractivity contribution in [3.8, 4) is 5.69 Å². The van der Waals surface area contributed by atoms with Crippen LogP contribution in [0.5, 0.6) is 0 Å². The van der Waals surface area contributed by atoms with Crippen molar-refractivity contribution < 1.29 is 0 Å². The molecule has 1 aromatic carbocycles. The largest absolute Gasteiger partial charge is 0.279 e. The highest BCUT2D eigenvalue weighted by Crippen LogP contribution is 2.29. The zero-order chi connectivity index (χ0) is 15.0. The van der Waals surface area contributed by atoms with E-state index in [1.807, 2.05) is 29.7 Å². The Bertz CT molecular complexity index is 793. The molecule has 3 aromatic rings. The lowest BCUT2D eigenvalue weighted by atomic mass is 10.1. The number of aromatic nitrogens is 3. The van der Waals surface area contributed by atoms with Gasteiger partial charge in [0.05, 0.1) is 16.1 Å². The maximum atomic E-state index is 6.32. The summed E-state index contributed by atoms with van der Waals surface area (Å²) in [5.41, 5.74) is 3.84. The Morgan fingerprint density at radius 2 is 2.05 bits per heavy atom. The van der Waals surface area contributed by atoms with E-state index in [2.05, 4.69) is 29.0 Å². The van der Waals surface area contributed by atoms with E-state index in [9.17, 15) is 0 Å². The minimum Gasteiger partial charge on any atom is -0.279 e. The molecule has 0 fully saturated rings. The molecule has 108 valence electrons. The molecule has 0 N–H and O–H groups in total. The Kier molecular flexibility index (Phi) is 3.87. The summed E-state index contributed by atoms with van der Waals surface area (Å²) in [5, 5.41) is 0.354. The van der Waals surface area contributed by atoms with Gasteiger partial charge in [-0.2, -0.15) is 0 Å². The van der Waals surface area contributed by atoms with Crippen LogP contribution < -0.4 is 0 Å². The van der Waals surface area contributed by atoms with Gasteiger partial charge in [-0.05, 0) is 31.0 Å². The van der Waals surface area contributed by atoms with Gasteiger partial charge in [-0.25, -0.2) is 9.97 Å². The molecule has 5 heteroatoms. The third-order valence-corrected chi connectivity index (χ3v) is 3.86. The Hall–Kier alpha value is -1.58. The van der Waals surface area contributed by atoms with Gasteiger partial charge in [0, 0.05) is 6.20 Å². The van der Waals surface area contributed by atoms with Crippen LogP contribution in [-0.4, -0.2) is 14.5 Å². The second-order valence-corrected chi connectivity index (χ2v) is 5.99. The number of imidazole rings is 1. The molecule has 21 heavy (non-hydrogen) atoms. The van der Waals surface area contributed by atoms with Crippen LogP contribution in [0.1, 0.15) is 30.6 Å². The minimum atomic E-state index is -0.220. The van der Waals surface area contributed by atoms with E-state index in [1.54, 1.807) is 6.20 Å². The lowest BCUT2D eigenvalue weighted by molar-refractivity contribution is 0.867. The van der Waals surface area contributed by atoms with Crippen LogP contribution in [0.4, 0.5) is 0 Å². The van der Waals surface area contributed by atoms with Crippen molar-refractivity contribution in [1.29, 1.82) is 0 Å². The fourth-order valence-corrected chi connectivity index (χ4v) is 2.79. The number of pyridine rings is 1. The first kappa shape index (κ1) is 14.4. The van der Waals surface area contributed by atoms with E-state index in [1.165, 1.54) is 5.56 Å². The molecule has 1 atom stereocenters. The number of hydrogen-bond donors (Lipinski definition) is 0. The molecular formula is C16H15Cl2N3. The zero-order valence-electron chi connectivity index (χ0n) is 11.8. The van der Waals surface area contributed by atoms with Crippen molar-refractivity contribution in [2.75, 3.05) is 0 Å². The van der Waals surface area contributed by atoms with E-state index in [4.69, 9.17) is 23.2 Å². The second kappa shape index (κ2) is 5.66. The van der Waals surface area contributed by atoms with Gasteiger partial charge in [-0.1, -0.05) is 36.7 Å². The topological polar surface area (TPSA) is 30.7 Å². The van der Waals surface area contributed by atoms with Gasteiger partial charge in [-0.3, -0.25) is 4.57 Å². The van der Waals surface area contributed by atoms with E-state index in [-0.39, 0.29) is 5.38 Å². The van der Waals surface area contributed by atoms with Gasteiger partial charge < -0.3 is 0 Å². The lowest BCUT2D eigenvalue weighted by Gasteiger charge is -2.13. The molecule has 1 unspecified atom stereocenters. The summed E-state index contributed by atoms with van der Waals surface area (Å²) in [6, 6.07) is 10.0. The number of rotatable bonds is 3. The van der Waals surface area contributed by atoms with Crippen LogP contribution in [0.25, 0.3) is 16.9 Å². The first-order chi connectivity index (χ1) is 10.1. The number of alkyl halides is 1. The van der Waals surface area contributed by atoms with Crippen LogP contribution in [0, 0.1) is 0 Å². The summed E-state index contributed by atoms with van der Waals surface area (Å²) in [6.45, 7) is 4.04. The van der Waals surface area contributed by atoms with E-state index in [0.29, 0.717) is 5.02 Å². The molecule has 2 aromatic heterocycles. The number of benzene rings is 1. The van der Waals surface area contributed by atoms with Gasteiger partial charge in [0.1, 0.15) is 11.3 Å². The van der Waals surface area contributed by atoms with Crippen LogP contribution in [0.2, 0.25) is 5.02 Å². The highest BCUT2D eigenvalue weighted by Gasteiger charge is 2.18. The molecule has 0 radical (unpaired) electrons. The van der Waals surface area contributed by atoms with Gasteiger partial charge in [0.2, 0.25) is 0 Å². The molecule has 3 nitrogen and oxygen atoms in total. The predicted octanol–water partition coefficient (Wildman–Crippen LogP) is 4.94. The first-order valence-corrected chi connectivity index (χ1v) is 7.69. The van der Waals surface area contributed by atoms with Crippen molar-refractivity contribution in [2.24, 2.45) is 0 Å². The molecule has 3 rings (SSSR count). The van der Waals surface area contributed by atoms with Crippen LogP contribution in [-0.2, 0) is 6.42 Å². The lowest BCUT2D eigenvalue weighted by Crippen LogP contribution is -2.05. The minimum absolute atomic E-state index is 0.220. The molecule has 0 aliphatic carbocycles. The Balaban J connectivity index is 2.37. The normalized spacial score (nSPS) is 12.8. The smallest absolute Gasteiger partial charge is 0.164 e. The number of aryl methyl sites for hydroxylation is 1. The quantitative estimate of drug-likeness (QED) is 0.640. The third kappa shape index (κ3) is 2.52. The summed E-state index contributed by atoms with van der Waals surface area (Å²) in [6.07, 6.45) is 2.57. The molecular weight excluding hydrogens is 305 g/mol. The van der Waals surface area contributed by atoms with E-state index < -0.39 is 0 Å². The highest BCUT2D eigenvalue weighted by atomic mass is 35.5. The monoisotopic (exact) mass is 319 g/mol. The third-order valence-electron chi connectivity index (χ3n) is 3.46. The first-order valence-electron chi connectivity index (χ1n) is 6.88. The molecule has 0 aliphatic heterocycles. The van der Waals surface area contributed by atoms with Crippen molar-refractivity contribution in [2.45, 2.75) is 25.6 Å². The molecule has 0 saturated heterocycles. The Morgan fingerprint density at radius 3 is 2.76 bits per heavy atom. The van der Waals surface area contributed by atoms with Crippen LogP contribution in [0.15, 0.2) is 36.5 Å². The standard InChI is InChI=1S/C16H15Cl2N3/c1-3-11-6-4-5-7-14(11)21-15(10(2)17)20-13-8-12(18)9-19-16(13)21/h4-10H,3H2,1-2H3. The number of halogens is 2. The predicted molar refractivity (Wildman–Crippen MR) is 87.5 cm³/mol. The summed E-state index contributed by atoms with van der Waals surface area (Å²) in [5.74, 6) is 0.780. The highest BCUT2D eigenvalue weighted by molar-refractivity contribution is 6.31. The Morgan fingerprint density at radius 1 is 1.29 bits per heavy atom. The average Bonchev–Trinajstić information content (AvgIpc) is 2.85. The summed E-state index contributed by atoms with van der Waals surface area (Å²) < 4.78 is 2.03. The molecule has 0 bridgehead atoms. The number of para-hydroxylation sites is 1. The van der Waals surface area contributed by atoms with Gasteiger partial charge >= 0.3 is 0 Å². The summed E-state index contributed by atoms with van der Waals surface area (Å²) >= 11 is 12.3.